The lowest BCUT2D eigenvalue weighted by molar-refractivity contribution is 0.144. The second kappa shape index (κ2) is 11.7. The van der Waals surface area contributed by atoms with E-state index in [2.05, 4.69) is 36.5 Å². The van der Waals surface area contributed by atoms with E-state index in [0.29, 0.717) is 32.4 Å². The summed E-state index contributed by atoms with van der Waals surface area (Å²) in [5.41, 5.74) is 2.11. The summed E-state index contributed by atoms with van der Waals surface area (Å²) in [6, 6.07) is 8.25. The molecule has 1 aliphatic rings. The van der Waals surface area contributed by atoms with E-state index in [1.54, 1.807) is 6.92 Å². The summed E-state index contributed by atoms with van der Waals surface area (Å²) in [6.07, 6.45) is 7.21. The maximum atomic E-state index is 13.2. The Balaban J connectivity index is 2.33. The summed E-state index contributed by atoms with van der Waals surface area (Å²) in [7, 11) is -3.17. The summed E-state index contributed by atoms with van der Waals surface area (Å²) in [5.74, 6) is 0. The molecule has 0 heterocycles. The molecule has 1 aromatic rings. The summed E-state index contributed by atoms with van der Waals surface area (Å²) in [6.45, 7) is 8.55. The third-order valence-corrected chi connectivity index (χ3v) is 7.66. The molecule has 2 unspecified atom stereocenters. The minimum Gasteiger partial charge on any atom is -0.450 e. The molecule has 0 spiro atoms. The number of hydrogen-bond acceptors (Lipinski definition) is 5. The highest BCUT2D eigenvalue weighted by atomic mass is 31.2. The maximum Gasteiger partial charge on any atom is 0.407 e. The molecule has 0 aliphatic heterocycles. The summed E-state index contributed by atoms with van der Waals surface area (Å²) in [5, 5.41) is 3.00. The van der Waals surface area contributed by atoms with Crippen LogP contribution in [-0.4, -0.2) is 38.1 Å². The van der Waals surface area contributed by atoms with Crippen molar-refractivity contribution >= 4 is 19.8 Å². The Kier molecular flexibility index (Phi) is 9.60. The molecule has 0 fully saturated rings. The van der Waals surface area contributed by atoms with Gasteiger partial charge in [-0.2, -0.15) is 0 Å². The van der Waals surface area contributed by atoms with Crippen molar-refractivity contribution in [3.63, 3.8) is 0 Å². The molecule has 1 N–H and O–H groups in total. The Morgan fingerprint density at radius 2 is 1.83 bits per heavy atom. The number of amides is 1. The van der Waals surface area contributed by atoms with Gasteiger partial charge in [0.2, 0.25) is 0 Å². The van der Waals surface area contributed by atoms with Crippen LogP contribution in [0.4, 0.5) is 4.79 Å². The second-order valence-corrected chi connectivity index (χ2v) is 9.75. The first-order valence-corrected chi connectivity index (χ1v) is 12.7. The Morgan fingerprint density at radius 1 is 1.13 bits per heavy atom. The number of nitrogens with one attached hydrogen (secondary N) is 1. The van der Waals surface area contributed by atoms with Crippen LogP contribution in [0, 0.1) is 0 Å². The number of rotatable bonds is 12. The number of allylic oxidation sites excluding steroid dienone is 1. The minimum atomic E-state index is -3.17. The zero-order valence-corrected chi connectivity index (χ0v) is 19.6. The van der Waals surface area contributed by atoms with Crippen LogP contribution in [0.2, 0.25) is 0 Å². The number of hydrogen-bond donors (Lipinski definition) is 1. The molecule has 168 valence electrons. The molecule has 1 aromatic carbocycles. The van der Waals surface area contributed by atoms with Gasteiger partial charge in [0, 0.05) is 11.5 Å². The number of fused-ring (bicyclic) bond motifs is 1. The van der Waals surface area contributed by atoms with Gasteiger partial charge in [0.1, 0.15) is 0 Å². The summed E-state index contributed by atoms with van der Waals surface area (Å²) >= 11 is 0. The minimum absolute atomic E-state index is 0.0535. The van der Waals surface area contributed by atoms with E-state index < -0.39 is 13.7 Å². The highest BCUT2D eigenvalue weighted by Crippen LogP contribution is 2.53. The number of carbonyl (C=O) groups is 1. The number of benzene rings is 1. The topological polar surface area (TPSA) is 73.9 Å². The third kappa shape index (κ3) is 6.44. The molecule has 0 saturated heterocycles. The molecule has 7 heteroatoms. The first kappa shape index (κ1) is 24.6. The van der Waals surface area contributed by atoms with Crippen LogP contribution in [-0.2, 0) is 23.8 Å². The predicted octanol–water partition coefficient (Wildman–Crippen LogP) is 5.91. The van der Waals surface area contributed by atoms with Crippen molar-refractivity contribution in [2.45, 2.75) is 64.8 Å². The van der Waals surface area contributed by atoms with Crippen molar-refractivity contribution in [1.82, 2.24) is 5.32 Å². The van der Waals surface area contributed by atoms with Crippen LogP contribution in [0.15, 0.2) is 30.3 Å². The average Bonchev–Trinajstić information content (AvgIpc) is 2.73. The lowest BCUT2D eigenvalue weighted by Gasteiger charge is -2.40. The van der Waals surface area contributed by atoms with E-state index in [-0.39, 0.29) is 11.5 Å². The fourth-order valence-corrected chi connectivity index (χ4v) is 6.02. The van der Waals surface area contributed by atoms with Crippen LogP contribution in [0.5, 0.6) is 0 Å². The van der Waals surface area contributed by atoms with Gasteiger partial charge in [0.15, 0.2) is 0 Å². The van der Waals surface area contributed by atoms with Gasteiger partial charge >= 0.3 is 13.7 Å². The first-order chi connectivity index (χ1) is 14.4. The third-order valence-electron chi connectivity index (χ3n) is 5.58. The molecular formula is C23H36NO5P. The predicted molar refractivity (Wildman–Crippen MR) is 121 cm³/mol. The van der Waals surface area contributed by atoms with E-state index in [1.807, 2.05) is 26.0 Å². The number of ether oxygens (including phenoxy) is 1. The van der Waals surface area contributed by atoms with Gasteiger partial charge in [-0.25, -0.2) is 4.79 Å². The Labute approximate surface area is 180 Å². The first-order valence-electron chi connectivity index (χ1n) is 11.0. The normalized spacial score (nSPS) is 19.2. The lowest BCUT2D eigenvalue weighted by atomic mass is 9.67. The molecule has 0 aromatic heterocycles. The number of carbonyl (C=O) groups excluding carboxylic acids is 1. The highest BCUT2D eigenvalue weighted by Gasteiger charge is 2.39. The summed E-state index contributed by atoms with van der Waals surface area (Å²) < 4.78 is 29.4. The van der Waals surface area contributed by atoms with Crippen molar-refractivity contribution < 1.29 is 23.1 Å². The molecule has 1 amide bonds. The smallest absolute Gasteiger partial charge is 0.407 e. The standard InChI is InChI=1S/C23H36NO5P/c1-5-20(24-22(25)27-6-2)18-23(16-17-30(26,28-7-3)29-8-4)15-11-13-19-12-9-10-14-21(19)23/h9-14,20H,5-8,15-18H2,1-4H3,(H,24,25). The van der Waals surface area contributed by atoms with E-state index in [1.165, 1.54) is 5.56 Å². The quantitative estimate of drug-likeness (QED) is 0.411. The van der Waals surface area contributed by atoms with Crippen molar-refractivity contribution in [3.8, 4) is 0 Å². The van der Waals surface area contributed by atoms with Gasteiger partial charge < -0.3 is 19.1 Å². The van der Waals surface area contributed by atoms with Crippen molar-refractivity contribution in [2.75, 3.05) is 26.0 Å². The largest absolute Gasteiger partial charge is 0.450 e. The average molecular weight is 438 g/mol. The molecule has 2 atom stereocenters. The monoisotopic (exact) mass is 437 g/mol. The lowest BCUT2D eigenvalue weighted by Crippen LogP contribution is -2.42. The van der Waals surface area contributed by atoms with E-state index in [9.17, 15) is 9.36 Å². The van der Waals surface area contributed by atoms with Crippen LogP contribution in [0.1, 0.15) is 64.5 Å². The van der Waals surface area contributed by atoms with Crippen molar-refractivity contribution in [3.05, 3.63) is 41.5 Å². The molecule has 0 radical (unpaired) electrons. The Bertz CT molecular complexity index is 756. The van der Waals surface area contributed by atoms with Crippen LogP contribution < -0.4 is 5.32 Å². The summed E-state index contributed by atoms with van der Waals surface area (Å²) in [4.78, 5) is 12.1. The van der Waals surface area contributed by atoms with E-state index in [4.69, 9.17) is 13.8 Å². The van der Waals surface area contributed by atoms with Gasteiger partial charge in [-0.3, -0.25) is 4.57 Å². The number of alkyl carbamates (subject to hydrolysis) is 1. The van der Waals surface area contributed by atoms with Gasteiger partial charge in [0.25, 0.3) is 0 Å². The van der Waals surface area contributed by atoms with Crippen molar-refractivity contribution in [2.24, 2.45) is 0 Å². The molecule has 1 aliphatic carbocycles. The Morgan fingerprint density at radius 3 is 2.47 bits per heavy atom. The highest BCUT2D eigenvalue weighted by molar-refractivity contribution is 7.53. The van der Waals surface area contributed by atoms with Gasteiger partial charge in [-0.05, 0) is 57.6 Å². The molecule has 6 nitrogen and oxygen atoms in total. The molecule has 30 heavy (non-hydrogen) atoms. The van der Waals surface area contributed by atoms with Gasteiger partial charge in [-0.1, -0.05) is 43.3 Å². The SMILES string of the molecule is CCOC(=O)NC(CC)CC1(CCP(=O)(OCC)OCC)CC=Cc2ccccc21. The van der Waals surface area contributed by atoms with Crippen LogP contribution in [0.3, 0.4) is 0 Å². The van der Waals surface area contributed by atoms with E-state index in [0.717, 1.165) is 24.8 Å². The van der Waals surface area contributed by atoms with Crippen LogP contribution in [0.25, 0.3) is 6.08 Å². The maximum absolute atomic E-state index is 13.2. The molecule has 0 saturated carbocycles. The van der Waals surface area contributed by atoms with Gasteiger partial charge in [-0.15, -0.1) is 0 Å². The fourth-order valence-electron chi connectivity index (χ4n) is 4.20. The second-order valence-electron chi connectivity index (χ2n) is 7.57. The zero-order valence-electron chi connectivity index (χ0n) is 18.7. The van der Waals surface area contributed by atoms with Crippen molar-refractivity contribution in [1.29, 1.82) is 0 Å². The molecule has 2 rings (SSSR count). The Hall–Kier alpha value is -1.62. The molecular weight excluding hydrogens is 401 g/mol. The molecule has 0 bridgehead atoms. The van der Waals surface area contributed by atoms with E-state index >= 15 is 0 Å². The van der Waals surface area contributed by atoms with Gasteiger partial charge in [0.05, 0.1) is 26.0 Å². The fraction of sp³-hybridized carbons (Fsp3) is 0.609. The zero-order chi connectivity index (χ0) is 22.0. The van der Waals surface area contributed by atoms with Crippen LogP contribution >= 0.6 is 7.60 Å².